The van der Waals surface area contributed by atoms with Crippen molar-refractivity contribution in [2.75, 3.05) is 11.8 Å². The first kappa shape index (κ1) is 23.0. The Morgan fingerprint density at radius 1 is 1.23 bits per heavy atom. The van der Waals surface area contributed by atoms with Gasteiger partial charge in [-0.25, -0.2) is 23.3 Å². The normalized spacial score (nSPS) is 16.4. The molecule has 184 valence electrons. The molecule has 2 aliphatic rings. The molecule has 0 bridgehead atoms. The standard InChI is InChI=1S/C21H19F2N5O6S/c1-24-35(30,31)27-18-17(23)12(3-6-25-18)11-28-20(29)34-15-10-16(33-19-26-7-8-32-19)14(22)9-13(15)21(28)4-2-5-21/h3,6-10,24H,2,4-5,11H2,1H3,(H,25,27). The predicted molar refractivity (Wildman–Crippen MR) is 116 cm³/mol. The Bertz CT molecular complexity index is 1400. The monoisotopic (exact) mass is 507 g/mol. The van der Waals surface area contributed by atoms with Crippen molar-refractivity contribution in [2.45, 2.75) is 31.3 Å². The molecule has 35 heavy (non-hydrogen) atoms. The lowest BCUT2D eigenvalue weighted by molar-refractivity contribution is 0.000781. The largest absolute Gasteiger partial charge is 0.417 e. The van der Waals surface area contributed by atoms with Crippen molar-refractivity contribution in [3.05, 3.63) is 59.6 Å². The topological polar surface area (TPSA) is 136 Å². The van der Waals surface area contributed by atoms with E-state index < -0.39 is 39.3 Å². The Balaban J connectivity index is 1.48. The summed E-state index contributed by atoms with van der Waals surface area (Å²) in [5.41, 5.74) is -0.496. The number of nitrogens with zero attached hydrogens (tertiary/aromatic N) is 3. The van der Waals surface area contributed by atoms with E-state index >= 15 is 4.39 Å². The zero-order valence-electron chi connectivity index (χ0n) is 18.2. The van der Waals surface area contributed by atoms with Crippen molar-refractivity contribution >= 4 is 22.1 Å². The van der Waals surface area contributed by atoms with Crippen LogP contribution in [0.5, 0.6) is 17.6 Å². The summed E-state index contributed by atoms with van der Waals surface area (Å²) in [7, 11) is -2.85. The van der Waals surface area contributed by atoms with Gasteiger partial charge in [-0.15, -0.1) is 0 Å². The lowest BCUT2D eigenvalue weighted by atomic mass is 9.69. The fraction of sp³-hybridized carbons (Fsp3) is 0.286. The first-order valence-corrected chi connectivity index (χ1v) is 12.0. The molecule has 1 aliphatic heterocycles. The Kier molecular flexibility index (Phi) is 5.56. The number of benzene rings is 1. The van der Waals surface area contributed by atoms with Gasteiger partial charge in [0.15, 0.2) is 23.2 Å². The second-order valence-electron chi connectivity index (χ2n) is 7.96. The number of pyridine rings is 1. The Labute approximate surface area is 198 Å². The molecule has 3 heterocycles. The maximum absolute atomic E-state index is 15.1. The van der Waals surface area contributed by atoms with Gasteiger partial charge in [0.05, 0.1) is 18.3 Å². The molecular formula is C21H19F2N5O6S. The molecular weight excluding hydrogens is 488 g/mol. The van der Waals surface area contributed by atoms with Crippen LogP contribution < -0.4 is 18.9 Å². The van der Waals surface area contributed by atoms with E-state index in [1.54, 1.807) is 0 Å². The van der Waals surface area contributed by atoms with E-state index in [1.807, 2.05) is 9.44 Å². The van der Waals surface area contributed by atoms with Crippen molar-refractivity contribution in [3.63, 3.8) is 0 Å². The number of aromatic nitrogens is 2. The molecule has 1 amide bonds. The molecule has 1 spiro atoms. The molecule has 0 saturated heterocycles. The van der Waals surface area contributed by atoms with Crippen LogP contribution in [0.3, 0.4) is 0 Å². The summed E-state index contributed by atoms with van der Waals surface area (Å²) in [6.07, 6.45) is 4.63. The molecule has 0 atom stereocenters. The van der Waals surface area contributed by atoms with Gasteiger partial charge in [0.1, 0.15) is 12.0 Å². The molecule has 1 aromatic carbocycles. The molecule has 2 N–H and O–H groups in total. The number of hydrogen-bond acceptors (Lipinski definition) is 8. The number of nitrogens with one attached hydrogen (secondary N) is 2. The molecule has 11 nitrogen and oxygen atoms in total. The predicted octanol–water partition coefficient (Wildman–Crippen LogP) is 3.41. The van der Waals surface area contributed by atoms with E-state index in [1.165, 1.54) is 41.8 Å². The smallest absolute Gasteiger partial charge is 0.416 e. The van der Waals surface area contributed by atoms with Crippen LogP contribution in [-0.4, -0.2) is 36.4 Å². The third kappa shape index (κ3) is 4.04. The van der Waals surface area contributed by atoms with Crippen molar-refractivity contribution in [3.8, 4) is 17.6 Å². The van der Waals surface area contributed by atoms with Crippen LogP contribution in [0, 0.1) is 11.6 Å². The number of halogens is 2. The molecule has 0 unspecified atom stereocenters. The highest BCUT2D eigenvalue weighted by atomic mass is 32.2. The van der Waals surface area contributed by atoms with Gasteiger partial charge >= 0.3 is 12.2 Å². The second kappa shape index (κ2) is 8.46. The van der Waals surface area contributed by atoms with E-state index in [4.69, 9.17) is 13.9 Å². The van der Waals surface area contributed by atoms with Crippen LogP contribution in [0.15, 0.2) is 41.3 Å². The average molecular weight is 507 g/mol. The van der Waals surface area contributed by atoms with Gasteiger partial charge in [-0.2, -0.15) is 13.4 Å². The first-order chi connectivity index (χ1) is 16.7. The molecule has 1 saturated carbocycles. The zero-order valence-corrected chi connectivity index (χ0v) is 19.1. The lowest BCUT2D eigenvalue weighted by Gasteiger charge is -2.52. The van der Waals surface area contributed by atoms with Gasteiger partial charge in [-0.3, -0.25) is 9.62 Å². The number of oxazole rings is 1. The number of carbonyl (C=O) groups excluding carboxylic acids is 1. The van der Waals surface area contributed by atoms with Crippen LogP contribution in [0.25, 0.3) is 0 Å². The molecule has 3 aromatic rings. The fourth-order valence-corrected chi connectivity index (χ4v) is 4.68. The van der Waals surface area contributed by atoms with Gasteiger partial charge < -0.3 is 13.9 Å². The van der Waals surface area contributed by atoms with Gasteiger partial charge in [0.2, 0.25) is 0 Å². The SMILES string of the molecule is CNS(=O)(=O)Nc1nccc(CN2C(=O)Oc3cc(Oc4ncco4)c(F)cc3C23CCC3)c1F. The molecule has 1 aliphatic carbocycles. The minimum absolute atomic E-state index is 0.00444. The molecule has 14 heteroatoms. The fourth-order valence-electron chi connectivity index (χ4n) is 4.18. The minimum atomic E-state index is -4.01. The number of amides is 1. The number of carbonyl (C=O) groups is 1. The number of rotatable bonds is 7. The molecule has 1 fully saturated rings. The second-order valence-corrected chi connectivity index (χ2v) is 9.58. The molecule has 2 aromatic heterocycles. The van der Waals surface area contributed by atoms with E-state index in [9.17, 15) is 17.6 Å². The zero-order chi connectivity index (χ0) is 24.8. The Hall–Kier alpha value is -3.78. The molecule has 0 radical (unpaired) electrons. The highest BCUT2D eigenvalue weighted by molar-refractivity contribution is 7.90. The highest BCUT2D eigenvalue weighted by Crippen LogP contribution is 2.54. The van der Waals surface area contributed by atoms with Crippen molar-refractivity contribution in [1.29, 1.82) is 0 Å². The molecule has 5 rings (SSSR count). The lowest BCUT2D eigenvalue weighted by Crippen LogP contribution is -2.57. The third-order valence-corrected chi connectivity index (χ3v) is 7.05. The average Bonchev–Trinajstić information content (AvgIpc) is 3.30. The van der Waals surface area contributed by atoms with Gasteiger partial charge in [-0.1, -0.05) is 0 Å². The summed E-state index contributed by atoms with van der Waals surface area (Å²) in [6, 6.07) is 3.80. The summed E-state index contributed by atoms with van der Waals surface area (Å²) in [6.45, 7) is -0.253. The van der Waals surface area contributed by atoms with E-state index in [2.05, 4.69) is 9.97 Å². The van der Waals surface area contributed by atoms with Crippen LogP contribution >= 0.6 is 0 Å². The van der Waals surface area contributed by atoms with Crippen molar-refractivity contribution < 1.29 is 35.9 Å². The number of ether oxygens (including phenoxy) is 2. The maximum Gasteiger partial charge on any atom is 0.416 e. The van der Waals surface area contributed by atoms with Gasteiger partial charge in [-0.05, 0) is 31.4 Å². The summed E-state index contributed by atoms with van der Waals surface area (Å²) in [4.78, 5) is 21.9. The van der Waals surface area contributed by atoms with Gasteiger partial charge in [0.25, 0.3) is 10.2 Å². The van der Waals surface area contributed by atoms with Crippen LogP contribution in [-0.2, 0) is 22.3 Å². The first-order valence-electron chi connectivity index (χ1n) is 10.5. The third-order valence-electron chi connectivity index (χ3n) is 6.05. The highest BCUT2D eigenvalue weighted by Gasteiger charge is 2.52. The summed E-state index contributed by atoms with van der Waals surface area (Å²) in [5.74, 6) is -2.30. The number of anilines is 1. The Morgan fingerprint density at radius 3 is 2.69 bits per heavy atom. The van der Waals surface area contributed by atoms with E-state index in [0.717, 1.165) is 13.5 Å². The van der Waals surface area contributed by atoms with E-state index in [-0.39, 0.29) is 29.7 Å². The Morgan fingerprint density at radius 2 is 2.03 bits per heavy atom. The van der Waals surface area contributed by atoms with E-state index in [0.29, 0.717) is 18.4 Å². The summed E-state index contributed by atoms with van der Waals surface area (Å²) in [5, 5.41) is 0. The summed E-state index contributed by atoms with van der Waals surface area (Å²) < 4.78 is 73.3. The van der Waals surface area contributed by atoms with Crippen molar-refractivity contribution in [1.82, 2.24) is 19.6 Å². The minimum Gasteiger partial charge on any atom is -0.417 e. The van der Waals surface area contributed by atoms with Crippen LogP contribution in [0.2, 0.25) is 0 Å². The number of hydrogen-bond donors (Lipinski definition) is 2. The van der Waals surface area contributed by atoms with Crippen LogP contribution in [0.4, 0.5) is 19.4 Å². The number of fused-ring (bicyclic) bond motifs is 2. The van der Waals surface area contributed by atoms with Crippen LogP contribution in [0.1, 0.15) is 30.4 Å². The maximum atomic E-state index is 15.1. The quantitative estimate of drug-likeness (QED) is 0.497. The van der Waals surface area contributed by atoms with Gasteiger partial charge in [0, 0.05) is 30.4 Å². The summed E-state index contributed by atoms with van der Waals surface area (Å²) >= 11 is 0. The van der Waals surface area contributed by atoms with Crippen molar-refractivity contribution in [2.24, 2.45) is 0 Å².